The zero-order valence-corrected chi connectivity index (χ0v) is 10.1. The summed E-state index contributed by atoms with van der Waals surface area (Å²) in [5, 5.41) is 20.2. The van der Waals surface area contributed by atoms with Crippen LogP contribution in [0, 0.1) is 11.3 Å². The average molecular weight is 247 g/mol. The van der Waals surface area contributed by atoms with Crippen LogP contribution in [-0.4, -0.2) is 23.6 Å². The average Bonchev–Trinajstić information content (AvgIpc) is 2.37. The fourth-order valence-corrected chi connectivity index (χ4v) is 1.49. The van der Waals surface area contributed by atoms with Gasteiger partial charge in [-0.3, -0.25) is 4.79 Å². The fourth-order valence-electron chi connectivity index (χ4n) is 1.49. The third-order valence-electron chi connectivity index (χ3n) is 2.49. The molecule has 18 heavy (non-hydrogen) atoms. The highest BCUT2D eigenvalue weighted by Crippen LogP contribution is 2.10. The van der Waals surface area contributed by atoms with Crippen LogP contribution in [0.15, 0.2) is 24.3 Å². The molecule has 0 aromatic heterocycles. The lowest BCUT2D eigenvalue weighted by Crippen LogP contribution is -2.42. The van der Waals surface area contributed by atoms with E-state index in [2.05, 4.69) is 5.32 Å². The van der Waals surface area contributed by atoms with Gasteiger partial charge < -0.3 is 16.2 Å². The van der Waals surface area contributed by atoms with Gasteiger partial charge in [0.25, 0.3) is 0 Å². The smallest absolute Gasteiger partial charge is 0.237 e. The third-order valence-corrected chi connectivity index (χ3v) is 2.49. The van der Waals surface area contributed by atoms with Gasteiger partial charge in [0.1, 0.15) is 5.75 Å². The summed E-state index contributed by atoms with van der Waals surface area (Å²) in [6.07, 6.45) is 1.48. The van der Waals surface area contributed by atoms with Crippen LogP contribution in [0.1, 0.15) is 18.4 Å². The molecule has 0 aliphatic heterocycles. The number of phenols is 1. The van der Waals surface area contributed by atoms with E-state index < -0.39 is 6.04 Å². The number of phenolic OH excluding ortho intramolecular Hbond substituents is 1. The number of unbranched alkanes of at least 4 members (excludes halogenated alkanes) is 1. The van der Waals surface area contributed by atoms with Crippen LogP contribution in [0.4, 0.5) is 0 Å². The molecule has 0 heterocycles. The number of nitrogens with zero attached hydrogens (tertiary/aromatic N) is 1. The van der Waals surface area contributed by atoms with Gasteiger partial charge in [-0.2, -0.15) is 5.26 Å². The minimum atomic E-state index is -0.614. The molecule has 1 aromatic carbocycles. The molecule has 0 spiro atoms. The second-order valence-corrected chi connectivity index (χ2v) is 4.03. The molecule has 96 valence electrons. The van der Waals surface area contributed by atoms with Gasteiger partial charge in [0.2, 0.25) is 5.91 Å². The number of carbonyl (C=O) groups is 1. The van der Waals surface area contributed by atoms with Gasteiger partial charge in [-0.1, -0.05) is 12.1 Å². The lowest BCUT2D eigenvalue weighted by molar-refractivity contribution is -0.122. The van der Waals surface area contributed by atoms with E-state index in [4.69, 9.17) is 16.1 Å². The molecule has 0 radical (unpaired) electrons. The summed E-state index contributed by atoms with van der Waals surface area (Å²) in [7, 11) is 0. The van der Waals surface area contributed by atoms with Crippen molar-refractivity contribution >= 4 is 5.91 Å². The Morgan fingerprint density at radius 2 is 2.11 bits per heavy atom. The molecule has 4 N–H and O–H groups in total. The molecule has 5 heteroatoms. The summed E-state index contributed by atoms with van der Waals surface area (Å²) < 4.78 is 0. The van der Waals surface area contributed by atoms with Gasteiger partial charge in [0.15, 0.2) is 0 Å². The van der Waals surface area contributed by atoms with Crippen molar-refractivity contribution in [1.29, 1.82) is 5.26 Å². The highest BCUT2D eigenvalue weighted by molar-refractivity contribution is 5.81. The van der Waals surface area contributed by atoms with Gasteiger partial charge in [-0.15, -0.1) is 0 Å². The number of nitrogens with two attached hydrogens (primary N) is 1. The molecule has 1 aromatic rings. The molecular weight excluding hydrogens is 230 g/mol. The van der Waals surface area contributed by atoms with Crippen molar-refractivity contribution in [2.24, 2.45) is 5.73 Å². The predicted molar refractivity (Wildman–Crippen MR) is 67.6 cm³/mol. The van der Waals surface area contributed by atoms with Crippen LogP contribution in [-0.2, 0) is 11.2 Å². The summed E-state index contributed by atoms with van der Waals surface area (Å²) in [6, 6.07) is 7.99. The van der Waals surface area contributed by atoms with Crippen molar-refractivity contribution < 1.29 is 9.90 Å². The first-order chi connectivity index (χ1) is 8.63. The van der Waals surface area contributed by atoms with E-state index in [1.807, 2.05) is 6.07 Å². The predicted octanol–water partition coefficient (Wildman–Crippen LogP) is 0.682. The molecule has 0 aliphatic carbocycles. The Kier molecular flexibility index (Phi) is 5.68. The van der Waals surface area contributed by atoms with E-state index in [-0.39, 0.29) is 11.7 Å². The van der Waals surface area contributed by atoms with Gasteiger partial charge in [-0.05, 0) is 30.5 Å². The molecule has 0 aliphatic rings. The number of benzene rings is 1. The number of rotatable bonds is 6. The molecule has 5 nitrogen and oxygen atoms in total. The van der Waals surface area contributed by atoms with Crippen molar-refractivity contribution in [3.8, 4) is 11.8 Å². The van der Waals surface area contributed by atoms with Gasteiger partial charge >= 0.3 is 0 Å². The van der Waals surface area contributed by atoms with Gasteiger partial charge in [0.05, 0.1) is 12.1 Å². The van der Waals surface area contributed by atoms with Crippen LogP contribution in [0.25, 0.3) is 0 Å². The summed E-state index contributed by atoms with van der Waals surface area (Å²) in [5.74, 6) is -0.0331. The first kappa shape index (κ1) is 14.0. The highest BCUT2D eigenvalue weighted by atomic mass is 16.3. The maximum absolute atomic E-state index is 11.6. The lowest BCUT2D eigenvalue weighted by atomic mass is 10.1. The molecular formula is C13H17N3O2. The van der Waals surface area contributed by atoms with Crippen LogP contribution in [0.3, 0.4) is 0 Å². The molecule has 1 atom stereocenters. The SMILES string of the molecule is N#CCCCNC(=O)[C@@H](N)Cc1ccc(O)cc1. The Bertz CT molecular complexity index is 423. The molecule has 0 fully saturated rings. The highest BCUT2D eigenvalue weighted by Gasteiger charge is 2.13. The molecule has 1 amide bonds. The second-order valence-electron chi connectivity index (χ2n) is 4.03. The minimum absolute atomic E-state index is 0.188. The van der Waals surface area contributed by atoms with E-state index in [1.54, 1.807) is 24.3 Å². The van der Waals surface area contributed by atoms with Crippen molar-refractivity contribution in [3.05, 3.63) is 29.8 Å². The van der Waals surface area contributed by atoms with E-state index in [9.17, 15) is 4.79 Å². The van der Waals surface area contributed by atoms with Crippen LogP contribution in [0.5, 0.6) is 5.75 Å². The molecule has 0 unspecified atom stereocenters. The quantitative estimate of drug-likeness (QED) is 0.644. The lowest BCUT2D eigenvalue weighted by Gasteiger charge is -2.11. The zero-order chi connectivity index (χ0) is 13.4. The third kappa shape index (κ3) is 4.85. The Morgan fingerprint density at radius 3 is 2.72 bits per heavy atom. The van der Waals surface area contributed by atoms with Gasteiger partial charge in [-0.25, -0.2) is 0 Å². The number of carbonyl (C=O) groups excluding carboxylic acids is 1. The number of aromatic hydroxyl groups is 1. The molecule has 0 saturated carbocycles. The van der Waals surface area contributed by atoms with Crippen LogP contribution in [0.2, 0.25) is 0 Å². The van der Waals surface area contributed by atoms with Crippen molar-refractivity contribution in [3.63, 3.8) is 0 Å². The Hall–Kier alpha value is -2.06. The Morgan fingerprint density at radius 1 is 1.44 bits per heavy atom. The van der Waals surface area contributed by atoms with E-state index in [1.165, 1.54) is 0 Å². The van der Waals surface area contributed by atoms with E-state index in [0.29, 0.717) is 25.8 Å². The number of nitrogens with one attached hydrogen (secondary N) is 1. The van der Waals surface area contributed by atoms with Crippen LogP contribution < -0.4 is 11.1 Å². The normalized spacial score (nSPS) is 11.6. The molecule has 0 bridgehead atoms. The van der Waals surface area contributed by atoms with E-state index in [0.717, 1.165) is 5.56 Å². The summed E-state index contributed by atoms with van der Waals surface area (Å²) in [5.41, 5.74) is 6.66. The van der Waals surface area contributed by atoms with Crippen molar-refractivity contribution in [1.82, 2.24) is 5.32 Å². The number of hydrogen-bond donors (Lipinski definition) is 3. The zero-order valence-electron chi connectivity index (χ0n) is 10.1. The standard InChI is InChI=1S/C13H17N3O2/c14-7-1-2-8-16-13(18)12(15)9-10-3-5-11(17)6-4-10/h3-6,12,17H,1-2,8-9,15H2,(H,16,18)/t12-/m0/s1. The monoisotopic (exact) mass is 247 g/mol. The maximum atomic E-state index is 11.6. The minimum Gasteiger partial charge on any atom is -0.508 e. The van der Waals surface area contributed by atoms with Crippen molar-refractivity contribution in [2.75, 3.05) is 6.54 Å². The Balaban J connectivity index is 2.35. The first-order valence-corrected chi connectivity index (χ1v) is 5.81. The number of amides is 1. The molecule has 0 saturated heterocycles. The largest absolute Gasteiger partial charge is 0.508 e. The Labute approximate surface area is 106 Å². The summed E-state index contributed by atoms with van der Waals surface area (Å²) in [4.78, 5) is 11.6. The number of nitriles is 1. The maximum Gasteiger partial charge on any atom is 0.237 e. The topological polar surface area (TPSA) is 99.1 Å². The fraction of sp³-hybridized carbons (Fsp3) is 0.385. The summed E-state index contributed by atoms with van der Waals surface area (Å²) >= 11 is 0. The second kappa shape index (κ2) is 7.30. The first-order valence-electron chi connectivity index (χ1n) is 5.81. The van der Waals surface area contributed by atoms with Crippen molar-refractivity contribution in [2.45, 2.75) is 25.3 Å². The van der Waals surface area contributed by atoms with Gasteiger partial charge in [0, 0.05) is 13.0 Å². The number of hydrogen-bond acceptors (Lipinski definition) is 4. The van der Waals surface area contributed by atoms with E-state index >= 15 is 0 Å². The molecule has 1 rings (SSSR count). The summed E-state index contributed by atoms with van der Waals surface area (Å²) in [6.45, 7) is 0.468. The van der Waals surface area contributed by atoms with Crippen LogP contribution >= 0.6 is 0 Å².